The number of carboxylic acid groups (broad SMARTS) is 1. The Morgan fingerprint density at radius 3 is 2.61 bits per heavy atom. The molecule has 0 heterocycles. The number of hydrogen-bond acceptors (Lipinski definition) is 3. The van der Waals surface area contributed by atoms with Crippen LogP contribution in [-0.2, 0) is 9.59 Å². The van der Waals surface area contributed by atoms with E-state index in [1.807, 2.05) is 0 Å². The summed E-state index contributed by atoms with van der Waals surface area (Å²) in [6, 6.07) is 5.14. The summed E-state index contributed by atoms with van der Waals surface area (Å²) in [6.45, 7) is 1.46. The number of benzene rings is 1. The summed E-state index contributed by atoms with van der Waals surface area (Å²) in [5.74, 6) is -0.484. The highest BCUT2D eigenvalue weighted by atomic mass is 79.9. The van der Waals surface area contributed by atoms with Crippen LogP contribution in [0.1, 0.15) is 22.9 Å². The zero-order valence-corrected chi connectivity index (χ0v) is 11.6. The third-order valence-corrected chi connectivity index (χ3v) is 3.47. The minimum absolute atomic E-state index is 0.0618. The Kier molecular flexibility index (Phi) is 5.09. The predicted octanol–water partition coefficient (Wildman–Crippen LogP) is 2.82. The van der Waals surface area contributed by atoms with Crippen molar-refractivity contribution in [2.75, 3.05) is 7.11 Å². The van der Waals surface area contributed by atoms with Crippen LogP contribution in [-0.4, -0.2) is 24.0 Å². The molecule has 0 amide bonds. The van der Waals surface area contributed by atoms with Gasteiger partial charge in [0.05, 0.1) is 11.9 Å². The molecule has 96 valence electrons. The molecule has 0 bridgehead atoms. The molecule has 1 N–H and O–H groups in total. The van der Waals surface area contributed by atoms with Gasteiger partial charge in [-0.2, -0.15) is 0 Å². The van der Waals surface area contributed by atoms with Crippen LogP contribution in [0.5, 0.6) is 5.75 Å². The van der Waals surface area contributed by atoms with E-state index in [9.17, 15) is 9.59 Å². The van der Waals surface area contributed by atoms with Gasteiger partial charge in [-0.1, -0.05) is 22.0 Å². The highest BCUT2D eigenvalue weighted by Crippen LogP contribution is 2.30. The molecule has 0 aliphatic carbocycles. The van der Waals surface area contributed by atoms with Crippen LogP contribution in [0, 0.1) is 0 Å². The van der Waals surface area contributed by atoms with Gasteiger partial charge in [0.1, 0.15) is 11.5 Å². The quantitative estimate of drug-likeness (QED) is 0.670. The Balaban J connectivity index is 3.24. The summed E-state index contributed by atoms with van der Waals surface area (Å²) in [5.41, 5.74) is 1.34. The van der Waals surface area contributed by atoms with Crippen molar-refractivity contribution in [1.29, 1.82) is 0 Å². The molecule has 5 heteroatoms. The molecule has 1 unspecified atom stereocenters. The SMILES string of the molecule is COc1ccc(C=CC(=O)O)c(C(Br)C(C)=O)c1. The lowest BCUT2D eigenvalue weighted by molar-refractivity contribution is -0.131. The molecule has 0 saturated carbocycles. The molecular formula is C13H13BrO4. The number of methoxy groups -OCH3 is 1. The maximum absolute atomic E-state index is 11.4. The highest BCUT2D eigenvalue weighted by Gasteiger charge is 2.16. The summed E-state index contributed by atoms with van der Waals surface area (Å²) in [4.78, 5) is 21.4. The van der Waals surface area contributed by atoms with Crippen molar-refractivity contribution >= 4 is 33.8 Å². The van der Waals surface area contributed by atoms with Crippen molar-refractivity contribution in [3.05, 3.63) is 35.4 Å². The number of alkyl halides is 1. The van der Waals surface area contributed by atoms with Crippen molar-refractivity contribution in [1.82, 2.24) is 0 Å². The van der Waals surface area contributed by atoms with E-state index in [1.54, 1.807) is 18.2 Å². The molecule has 18 heavy (non-hydrogen) atoms. The zero-order chi connectivity index (χ0) is 13.7. The van der Waals surface area contributed by atoms with E-state index in [-0.39, 0.29) is 5.78 Å². The lowest BCUT2D eigenvalue weighted by Gasteiger charge is -2.12. The normalized spacial score (nSPS) is 12.4. The molecule has 0 aliphatic rings. The van der Waals surface area contributed by atoms with Gasteiger partial charge in [-0.15, -0.1) is 0 Å². The Labute approximate surface area is 113 Å². The van der Waals surface area contributed by atoms with Crippen LogP contribution >= 0.6 is 15.9 Å². The molecule has 4 nitrogen and oxygen atoms in total. The summed E-state index contributed by atoms with van der Waals surface area (Å²) in [6.07, 6.45) is 2.49. The van der Waals surface area contributed by atoms with E-state index in [0.29, 0.717) is 16.9 Å². The van der Waals surface area contributed by atoms with Crippen LogP contribution in [0.3, 0.4) is 0 Å². The molecule has 0 fully saturated rings. The topological polar surface area (TPSA) is 63.6 Å². The fraction of sp³-hybridized carbons (Fsp3) is 0.231. The van der Waals surface area contributed by atoms with Gasteiger partial charge in [-0.05, 0) is 36.3 Å². The molecule has 0 radical (unpaired) electrons. The number of ether oxygens (including phenoxy) is 1. The van der Waals surface area contributed by atoms with Gasteiger partial charge in [0, 0.05) is 6.08 Å². The van der Waals surface area contributed by atoms with Gasteiger partial charge >= 0.3 is 5.97 Å². The second kappa shape index (κ2) is 6.35. The third kappa shape index (κ3) is 3.70. The van der Waals surface area contributed by atoms with E-state index < -0.39 is 10.8 Å². The van der Waals surface area contributed by atoms with Gasteiger partial charge in [0.15, 0.2) is 0 Å². The second-order valence-corrected chi connectivity index (χ2v) is 4.56. The third-order valence-electron chi connectivity index (χ3n) is 2.33. The number of rotatable bonds is 5. The smallest absolute Gasteiger partial charge is 0.328 e. The molecule has 0 aliphatic heterocycles. The Morgan fingerprint density at radius 1 is 1.44 bits per heavy atom. The molecule has 1 atom stereocenters. The summed E-state index contributed by atoms with van der Waals surface area (Å²) < 4.78 is 5.09. The number of carbonyl (C=O) groups excluding carboxylic acids is 1. The first-order valence-electron chi connectivity index (χ1n) is 5.19. The Bertz CT molecular complexity index is 494. The van der Waals surface area contributed by atoms with Gasteiger partial charge in [-0.3, -0.25) is 4.79 Å². The van der Waals surface area contributed by atoms with Crippen molar-refractivity contribution in [2.24, 2.45) is 0 Å². The van der Waals surface area contributed by atoms with Crippen LogP contribution in [0.2, 0.25) is 0 Å². The summed E-state index contributed by atoms with van der Waals surface area (Å²) >= 11 is 3.29. The van der Waals surface area contributed by atoms with Crippen molar-refractivity contribution in [3.8, 4) is 5.75 Å². The average molecular weight is 313 g/mol. The number of ketones is 1. The monoisotopic (exact) mass is 312 g/mol. The molecule has 1 rings (SSSR count). The lowest BCUT2D eigenvalue weighted by atomic mass is 10.0. The fourth-order valence-electron chi connectivity index (χ4n) is 1.43. The van der Waals surface area contributed by atoms with Crippen LogP contribution in [0.15, 0.2) is 24.3 Å². The number of halogens is 1. The number of aliphatic carboxylic acids is 1. The van der Waals surface area contributed by atoms with Gasteiger partial charge in [-0.25, -0.2) is 4.79 Å². The largest absolute Gasteiger partial charge is 0.497 e. The average Bonchev–Trinajstić information content (AvgIpc) is 2.35. The van der Waals surface area contributed by atoms with Crippen molar-refractivity contribution < 1.29 is 19.4 Å². The number of Topliss-reactive ketones (excluding diaryl/α,β-unsaturated/α-hetero) is 1. The molecule has 0 saturated heterocycles. The number of carboxylic acids is 1. The fourth-order valence-corrected chi connectivity index (χ4v) is 1.83. The minimum Gasteiger partial charge on any atom is -0.497 e. The van der Waals surface area contributed by atoms with Crippen LogP contribution in [0.4, 0.5) is 0 Å². The predicted molar refractivity (Wildman–Crippen MR) is 72.0 cm³/mol. The van der Waals surface area contributed by atoms with Gasteiger partial charge < -0.3 is 9.84 Å². The molecular weight excluding hydrogens is 300 g/mol. The minimum atomic E-state index is -1.04. The Morgan fingerprint density at radius 2 is 2.11 bits per heavy atom. The zero-order valence-electron chi connectivity index (χ0n) is 10.0. The molecule has 0 spiro atoms. The maximum Gasteiger partial charge on any atom is 0.328 e. The van der Waals surface area contributed by atoms with E-state index in [2.05, 4.69) is 15.9 Å². The van der Waals surface area contributed by atoms with E-state index >= 15 is 0 Å². The molecule has 1 aromatic carbocycles. The molecule has 1 aromatic rings. The van der Waals surface area contributed by atoms with Crippen LogP contribution in [0.25, 0.3) is 6.08 Å². The first-order valence-corrected chi connectivity index (χ1v) is 6.10. The summed E-state index contributed by atoms with van der Waals surface area (Å²) in [7, 11) is 1.53. The lowest BCUT2D eigenvalue weighted by Crippen LogP contribution is -2.03. The van der Waals surface area contributed by atoms with E-state index in [1.165, 1.54) is 20.1 Å². The highest BCUT2D eigenvalue weighted by molar-refractivity contribution is 9.09. The number of hydrogen-bond donors (Lipinski definition) is 1. The van der Waals surface area contributed by atoms with Gasteiger partial charge in [0.2, 0.25) is 0 Å². The van der Waals surface area contributed by atoms with Crippen LogP contribution < -0.4 is 4.74 Å². The standard InChI is InChI=1S/C13H13BrO4/c1-8(15)13(14)11-7-10(18-2)5-3-9(11)4-6-12(16)17/h3-7,13H,1-2H3,(H,16,17). The molecule has 0 aromatic heterocycles. The first kappa shape index (κ1) is 14.4. The second-order valence-electron chi connectivity index (χ2n) is 3.64. The van der Waals surface area contributed by atoms with Crippen molar-refractivity contribution in [2.45, 2.75) is 11.8 Å². The first-order chi connectivity index (χ1) is 8.45. The number of carbonyl (C=O) groups is 2. The van der Waals surface area contributed by atoms with E-state index in [0.717, 1.165) is 6.08 Å². The maximum atomic E-state index is 11.4. The summed E-state index contributed by atoms with van der Waals surface area (Å²) in [5, 5.41) is 8.62. The Hall–Kier alpha value is -1.62. The van der Waals surface area contributed by atoms with Gasteiger partial charge in [0.25, 0.3) is 0 Å². The van der Waals surface area contributed by atoms with E-state index in [4.69, 9.17) is 9.84 Å². The van der Waals surface area contributed by atoms with Crippen molar-refractivity contribution in [3.63, 3.8) is 0 Å².